The van der Waals surface area contributed by atoms with E-state index in [1.165, 1.54) is 31.4 Å². The maximum atomic E-state index is 12.4. The van der Waals surface area contributed by atoms with Gasteiger partial charge in [0.15, 0.2) is 0 Å². The molecule has 1 N–H and O–H groups in total. The number of carbonyl (C=O) groups excluding carboxylic acids is 2. The van der Waals surface area contributed by atoms with Crippen molar-refractivity contribution in [3.63, 3.8) is 0 Å². The highest BCUT2D eigenvalue weighted by Crippen LogP contribution is 2.26. The Labute approximate surface area is 143 Å². The molecule has 0 aromatic heterocycles. The number of benzene rings is 1. The molecule has 0 aliphatic carbocycles. The third kappa shape index (κ3) is 7.73. The second-order valence-electron chi connectivity index (χ2n) is 5.63. The van der Waals surface area contributed by atoms with E-state index in [1.807, 2.05) is 13.8 Å². The second-order valence-corrected chi connectivity index (χ2v) is 5.63. The quantitative estimate of drug-likeness (QED) is 0.599. The molecule has 1 atom stereocenters. The summed E-state index contributed by atoms with van der Waals surface area (Å²) in [6.45, 7) is 3.76. The van der Waals surface area contributed by atoms with E-state index in [1.54, 1.807) is 0 Å². The number of methoxy groups -OCH3 is 1. The predicted molar refractivity (Wildman–Crippen MR) is 85.6 cm³/mol. The van der Waals surface area contributed by atoms with Crippen molar-refractivity contribution in [1.82, 2.24) is 5.32 Å². The highest BCUT2D eigenvalue weighted by atomic mass is 19.4. The van der Waals surface area contributed by atoms with E-state index >= 15 is 0 Å². The van der Waals surface area contributed by atoms with Gasteiger partial charge in [0, 0.05) is 11.6 Å². The van der Waals surface area contributed by atoms with Crippen molar-refractivity contribution in [2.75, 3.05) is 7.11 Å². The van der Waals surface area contributed by atoms with Crippen LogP contribution in [0.25, 0.3) is 6.08 Å². The van der Waals surface area contributed by atoms with E-state index in [0.29, 0.717) is 6.42 Å². The van der Waals surface area contributed by atoms with Gasteiger partial charge in [0.1, 0.15) is 11.8 Å². The number of rotatable bonds is 7. The number of alkyl halides is 3. The van der Waals surface area contributed by atoms with Gasteiger partial charge in [-0.15, -0.1) is 13.2 Å². The number of carbonyl (C=O) groups is 2. The Morgan fingerprint density at radius 1 is 1.24 bits per heavy atom. The number of hydrogen-bond acceptors (Lipinski definition) is 4. The minimum absolute atomic E-state index is 0.0773. The van der Waals surface area contributed by atoms with Crippen LogP contribution in [0.1, 0.15) is 25.8 Å². The van der Waals surface area contributed by atoms with Gasteiger partial charge in [-0.25, -0.2) is 4.79 Å². The molecule has 1 rings (SSSR count). The number of amides is 1. The highest BCUT2D eigenvalue weighted by Gasteiger charge is 2.31. The van der Waals surface area contributed by atoms with Crippen LogP contribution >= 0.6 is 0 Å². The fourth-order valence-corrected chi connectivity index (χ4v) is 2.05. The summed E-state index contributed by atoms with van der Waals surface area (Å²) in [5.74, 6) is -1.51. The van der Waals surface area contributed by atoms with Crippen LogP contribution in [0.2, 0.25) is 0 Å². The molecule has 25 heavy (non-hydrogen) atoms. The zero-order chi connectivity index (χ0) is 19.0. The lowest BCUT2D eigenvalue weighted by molar-refractivity contribution is -0.274. The van der Waals surface area contributed by atoms with E-state index in [9.17, 15) is 22.8 Å². The third-order valence-electron chi connectivity index (χ3n) is 3.07. The Bertz CT molecular complexity index is 627. The molecular formula is C17H20F3NO4. The van der Waals surface area contributed by atoms with Gasteiger partial charge in [-0.3, -0.25) is 4.79 Å². The molecular weight excluding hydrogens is 339 g/mol. The molecule has 0 saturated heterocycles. The molecule has 0 aliphatic heterocycles. The van der Waals surface area contributed by atoms with Gasteiger partial charge in [0.25, 0.3) is 0 Å². The van der Waals surface area contributed by atoms with Crippen LogP contribution in [-0.2, 0) is 14.3 Å². The minimum Gasteiger partial charge on any atom is -0.467 e. The predicted octanol–water partition coefficient (Wildman–Crippen LogP) is 3.30. The molecule has 1 aromatic rings. The van der Waals surface area contributed by atoms with Gasteiger partial charge < -0.3 is 14.8 Å². The summed E-state index contributed by atoms with van der Waals surface area (Å²) in [6.07, 6.45) is -2.24. The molecule has 0 spiro atoms. The van der Waals surface area contributed by atoms with Crippen LogP contribution in [0.3, 0.4) is 0 Å². The van der Waals surface area contributed by atoms with Crippen LogP contribution in [0.15, 0.2) is 30.3 Å². The Hall–Kier alpha value is -2.51. The fraction of sp³-hybridized carbons (Fsp3) is 0.412. The Morgan fingerprint density at radius 2 is 1.88 bits per heavy atom. The third-order valence-corrected chi connectivity index (χ3v) is 3.07. The summed E-state index contributed by atoms with van der Waals surface area (Å²) >= 11 is 0. The number of nitrogens with one attached hydrogen (secondary N) is 1. The molecule has 0 fully saturated rings. The zero-order valence-electron chi connectivity index (χ0n) is 14.1. The first kappa shape index (κ1) is 20.5. The lowest BCUT2D eigenvalue weighted by Gasteiger charge is -2.17. The molecule has 8 heteroatoms. The molecule has 1 amide bonds. The maximum absolute atomic E-state index is 12.4. The van der Waals surface area contributed by atoms with Crippen LogP contribution in [0, 0.1) is 5.92 Å². The van der Waals surface area contributed by atoms with Crippen molar-refractivity contribution >= 4 is 18.0 Å². The number of para-hydroxylation sites is 1. The van der Waals surface area contributed by atoms with Gasteiger partial charge in [0.2, 0.25) is 5.91 Å². The van der Waals surface area contributed by atoms with Crippen molar-refractivity contribution in [2.45, 2.75) is 32.7 Å². The summed E-state index contributed by atoms with van der Waals surface area (Å²) < 4.78 is 45.6. The van der Waals surface area contributed by atoms with E-state index in [2.05, 4.69) is 14.8 Å². The summed E-state index contributed by atoms with van der Waals surface area (Å²) in [4.78, 5) is 23.6. The number of ether oxygens (including phenoxy) is 2. The Morgan fingerprint density at radius 3 is 2.44 bits per heavy atom. The lowest BCUT2D eigenvalue weighted by Crippen LogP contribution is -2.41. The molecule has 1 unspecified atom stereocenters. The molecule has 0 saturated carbocycles. The summed E-state index contributed by atoms with van der Waals surface area (Å²) in [5, 5.41) is 2.47. The molecule has 138 valence electrons. The maximum Gasteiger partial charge on any atom is 0.573 e. The van der Waals surface area contributed by atoms with Gasteiger partial charge in [-0.2, -0.15) is 0 Å². The summed E-state index contributed by atoms with van der Waals surface area (Å²) in [5.41, 5.74) is 0.0773. The first-order valence-corrected chi connectivity index (χ1v) is 7.53. The van der Waals surface area contributed by atoms with Gasteiger partial charge in [-0.1, -0.05) is 32.0 Å². The van der Waals surface area contributed by atoms with E-state index in [0.717, 1.165) is 12.1 Å². The van der Waals surface area contributed by atoms with E-state index in [4.69, 9.17) is 0 Å². The van der Waals surface area contributed by atoms with Crippen molar-refractivity contribution in [3.8, 4) is 5.75 Å². The van der Waals surface area contributed by atoms with Crippen molar-refractivity contribution in [3.05, 3.63) is 35.9 Å². The van der Waals surface area contributed by atoms with Crippen molar-refractivity contribution in [2.24, 2.45) is 5.92 Å². The highest BCUT2D eigenvalue weighted by molar-refractivity contribution is 5.94. The molecule has 1 aromatic carbocycles. The standard InChI is InChI=1S/C17H20F3NO4/c1-11(2)10-13(16(23)24-3)21-15(22)9-8-12-6-4-5-7-14(12)25-17(18,19)20/h4-9,11,13H,10H2,1-3H3,(H,21,22)/b9-8+. The monoisotopic (exact) mass is 359 g/mol. The van der Waals surface area contributed by atoms with Gasteiger partial charge >= 0.3 is 12.3 Å². The number of halogens is 3. The Kier molecular flexibility index (Phi) is 7.47. The molecule has 0 heterocycles. The van der Waals surface area contributed by atoms with Gasteiger partial charge in [0.05, 0.1) is 7.11 Å². The first-order valence-electron chi connectivity index (χ1n) is 7.53. The molecule has 0 bridgehead atoms. The summed E-state index contributed by atoms with van der Waals surface area (Å²) in [6, 6.07) is 4.58. The molecule has 0 radical (unpaired) electrons. The van der Waals surface area contributed by atoms with Crippen molar-refractivity contribution in [1.29, 1.82) is 0 Å². The van der Waals surface area contributed by atoms with E-state index in [-0.39, 0.29) is 11.5 Å². The molecule has 0 aliphatic rings. The normalized spacial score (nSPS) is 12.9. The lowest BCUT2D eigenvalue weighted by atomic mass is 10.0. The SMILES string of the molecule is COC(=O)C(CC(C)C)NC(=O)/C=C/c1ccccc1OC(F)(F)F. The smallest absolute Gasteiger partial charge is 0.467 e. The summed E-state index contributed by atoms with van der Waals surface area (Å²) in [7, 11) is 1.21. The minimum atomic E-state index is -4.83. The van der Waals surface area contributed by atoms with Crippen LogP contribution in [-0.4, -0.2) is 31.4 Å². The van der Waals surface area contributed by atoms with Gasteiger partial charge in [-0.05, 0) is 24.5 Å². The van der Waals surface area contributed by atoms with Crippen molar-refractivity contribution < 1.29 is 32.2 Å². The Balaban J connectivity index is 2.84. The largest absolute Gasteiger partial charge is 0.573 e. The average Bonchev–Trinajstić information content (AvgIpc) is 2.50. The average molecular weight is 359 g/mol. The van der Waals surface area contributed by atoms with E-state index < -0.39 is 30.0 Å². The zero-order valence-corrected chi connectivity index (χ0v) is 14.1. The molecule has 5 nitrogen and oxygen atoms in total. The van der Waals surface area contributed by atoms with Crippen LogP contribution in [0.4, 0.5) is 13.2 Å². The van der Waals surface area contributed by atoms with Crippen LogP contribution in [0.5, 0.6) is 5.75 Å². The number of hydrogen-bond donors (Lipinski definition) is 1. The van der Waals surface area contributed by atoms with Crippen LogP contribution < -0.4 is 10.1 Å². The number of esters is 1. The first-order chi connectivity index (χ1) is 11.6. The second kappa shape index (κ2) is 9.10. The fourth-order valence-electron chi connectivity index (χ4n) is 2.05. The topological polar surface area (TPSA) is 64.6 Å².